The highest BCUT2D eigenvalue weighted by Gasteiger charge is 2.37. The molecule has 0 aromatic rings. The Morgan fingerprint density at radius 3 is 2.53 bits per heavy atom. The second-order valence-corrected chi connectivity index (χ2v) is 8.64. The number of piperidine rings is 1. The van der Waals surface area contributed by atoms with E-state index in [9.17, 15) is 0 Å². The fourth-order valence-electron chi connectivity index (χ4n) is 3.59. The van der Waals surface area contributed by atoms with Crippen LogP contribution in [0.1, 0.15) is 46.0 Å². The Balaban J connectivity index is 1.45. The Morgan fingerprint density at radius 2 is 1.89 bits per heavy atom. The summed E-state index contributed by atoms with van der Waals surface area (Å²) >= 11 is 2.16. The van der Waals surface area contributed by atoms with Crippen LogP contribution < -0.4 is 5.32 Å². The van der Waals surface area contributed by atoms with Crippen molar-refractivity contribution in [3.05, 3.63) is 0 Å². The molecule has 0 bridgehead atoms. The van der Waals surface area contributed by atoms with Crippen LogP contribution in [0.3, 0.4) is 0 Å². The zero-order valence-electron chi connectivity index (χ0n) is 12.7. The van der Waals surface area contributed by atoms with Crippen LogP contribution in [-0.4, -0.2) is 48.1 Å². The Morgan fingerprint density at radius 1 is 1.16 bits per heavy atom. The summed E-state index contributed by atoms with van der Waals surface area (Å²) in [5, 5.41) is 3.80. The van der Waals surface area contributed by atoms with Crippen LogP contribution in [0.4, 0.5) is 0 Å². The van der Waals surface area contributed by atoms with Gasteiger partial charge < -0.3 is 5.32 Å². The molecule has 2 nitrogen and oxygen atoms in total. The number of hydrogen-bond donors (Lipinski definition) is 1. The molecule has 0 radical (unpaired) electrons. The summed E-state index contributed by atoms with van der Waals surface area (Å²) in [6.45, 7) is 8.88. The average Bonchev–Trinajstić information content (AvgIpc) is 3.21. The largest absolute Gasteiger partial charge is 0.314 e. The van der Waals surface area contributed by atoms with Crippen LogP contribution in [0.25, 0.3) is 0 Å². The molecule has 0 aromatic heterocycles. The molecule has 3 heteroatoms. The first-order chi connectivity index (χ1) is 9.15. The van der Waals surface area contributed by atoms with E-state index in [1.807, 2.05) is 0 Å². The minimum Gasteiger partial charge on any atom is -0.314 e. The Labute approximate surface area is 123 Å². The van der Waals surface area contributed by atoms with E-state index in [1.165, 1.54) is 63.2 Å². The lowest BCUT2D eigenvalue weighted by molar-refractivity contribution is 0.0702. The summed E-state index contributed by atoms with van der Waals surface area (Å²) in [6, 6.07) is 1.62. The number of nitrogens with zero attached hydrogens (tertiary/aromatic N) is 1. The van der Waals surface area contributed by atoms with E-state index in [-0.39, 0.29) is 0 Å². The molecule has 19 heavy (non-hydrogen) atoms. The molecule has 1 unspecified atom stereocenters. The molecular weight excluding hydrogens is 252 g/mol. The standard InChI is InChI=1S/C16H30N2S/c1-16(2)7-10-19-12-15(16)18-8-5-14(6-9-18)17-11-13-3-4-13/h13-15,17H,3-12H2,1-2H3. The van der Waals surface area contributed by atoms with E-state index in [4.69, 9.17) is 0 Å². The van der Waals surface area contributed by atoms with E-state index in [1.54, 1.807) is 0 Å². The van der Waals surface area contributed by atoms with Crippen molar-refractivity contribution in [1.29, 1.82) is 0 Å². The fraction of sp³-hybridized carbons (Fsp3) is 1.00. The summed E-state index contributed by atoms with van der Waals surface area (Å²) in [6.07, 6.45) is 7.06. The number of hydrogen-bond acceptors (Lipinski definition) is 3. The monoisotopic (exact) mass is 282 g/mol. The lowest BCUT2D eigenvalue weighted by atomic mass is 9.80. The first kappa shape index (κ1) is 14.2. The maximum atomic E-state index is 3.80. The van der Waals surface area contributed by atoms with Crippen molar-refractivity contribution in [3.63, 3.8) is 0 Å². The van der Waals surface area contributed by atoms with Crippen molar-refractivity contribution in [1.82, 2.24) is 10.2 Å². The summed E-state index contributed by atoms with van der Waals surface area (Å²) in [5.41, 5.74) is 0.527. The van der Waals surface area contributed by atoms with Gasteiger partial charge in [0.2, 0.25) is 0 Å². The van der Waals surface area contributed by atoms with Crippen molar-refractivity contribution >= 4 is 11.8 Å². The summed E-state index contributed by atoms with van der Waals surface area (Å²) in [7, 11) is 0. The van der Waals surface area contributed by atoms with E-state index in [0.717, 1.165) is 18.0 Å². The summed E-state index contributed by atoms with van der Waals surface area (Å²) in [4.78, 5) is 2.79. The van der Waals surface area contributed by atoms with Gasteiger partial charge in [0.05, 0.1) is 0 Å². The van der Waals surface area contributed by atoms with Gasteiger partial charge in [-0.2, -0.15) is 11.8 Å². The third-order valence-corrected chi connectivity index (χ3v) is 6.48. The Bertz CT molecular complexity index is 293. The van der Waals surface area contributed by atoms with Crippen LogP contribution in [-0.2, 0) is 0 Å². The van der Waals surface area contributed by atoms with Crippen molar-refractivity contribution in [2.45, 2.75) is 58.0 Å². The molecular formula is C16H30N2S. The first-order valence-electron chi connectivity index (χ1n) is 8.20. The van der Waals surface area contributed by atoms with Gasteiger partial charge in [-0.25, -0.2) is 0 Å². The number of likely N-dealkylation sites (tertiary alicyclic amines) is 1. The Kier molecular flexibility index (Phi) is 4.45. The zero-order valence-corrected chi connectivity index (χ0v) is 13.5. The van der Waals surface area contributed by atoms with Gasteiger partial charge in [0.15, 0.2) is 0 Å². The average molecular weight is 282 g/mol. The molecule has 0 amide bonds. The predicted octanol–water partition coefficient (Wildman–Crippen LogP) is 2.98. The quantitative estimate of drug-likeness (QED) is 0.853. The molecule has 1 atom stereocenters. The molecule has 2 saturated heterocycles. The van der Waals surface area contributed by atoms with Gasteiger partial charge in [-0.3, -0.25) is 4.90 Å². The molecule has 1 N–H and O–H groups in total. The van der Waals surface area contributed by atoms with Crippen LogP contribution in [0.2, 0.25) is 0 Å². The molecule has 3 aliphatic rings. The van der Waals surface area contributed by atoms with E-state index >= 15 is 0 Å². The minimum atomic E-state index is 0.527. The van der Waals surface area contributed by atoms with Gasteiger partial charge in [-0.1, -0.05) is 13.8 Å². The van der Waals surface area contributed by atoms with Gasteiger partial charge >= 0.3 is 0 Å². The van der Waals surface area contributed by atoms with Crippen molar-refractivity contribution in [2.75, 3.05) is 31.1 Å². The van der Waals surface area contributed by atoms with Crippen LogP contribution in [0.5, 0.6) is 0 Å². The van der Waals surface area contributed by atoms with Gasteiger partial charge in [0.1, 0.15) is 0 Å². The topological polar surface area (TPSA) is 15.3 Å². The maximum Gasteiger partial charge on any atom is 0.0237 e. The van der Waals surface area contributed by atoms with E-state index in [0.29, 0.717) is 5.41 Å². The van der Waals surface area contributed by atoms with Crippen LogP contribution in [0.15, 0.2) is 0 Å². The molecule has 2 aliphatic heterocycles. The third-order valence-electron chi connectivity index (χ3n) is 5.43. The first-order valence-corrected chi connectivity index (χ1v) is 9.36. The molecule has 3 fully saturated rings. The minimum absolute atomic E-state index is 0.527. The van der Waals surface area contributed by atoms with Crippen molar-refractivity contribution in [2.24, 2.45) is 11.3 Å². The SMILES string of the molecule is CC1(C)CCSCC1N1CCC(NCC2CC2)CC1. The second-order valence-electron chi connectivity index (χ2n) is 7.49. The molecule has 0 spiro atoms. The van der Waals surface area contributed by atoms with Crippen molar-refractivity contribution in [3.8, 4) is 0 Å². The normalized spacial score (nSPS) is 33.5. The number of nitrogens with one attached hydrogen (secondary N) is 1. The lowest BCUT2D eigenvalue weighted by Crippen LogP contribution is -2.54. The van der Waals surface area contributed by atoms with Crippen LogP contribution in [0, 0.1) is 11.3 Å². The van der Waals surface area contributed by atoms with E-state index < -0.39 is 0 Å². The predicted molar refractivity (Wildman–Crippen MR) is 84.8 cm³/mol. The van der Waals surface area contributed by atoms with Gasteiger partial charge in [0, 0.05) is 17.8 Å². The van der Waals surface area contributed by atoms with Crippen LogP contribution >= 0.6 is 11.8 Å². The lowest BCUT2D eigenvalue weighted by Gasteiger charge is -2.47. The molecule has 0 aromatic carbocycles. The highest BCUT2D eigenvalue weighted by atomic mass is 32.2. The molecule has 3 rings (SSSR count). The fourth-order valence-corrected chi connectivity index (χ4v) is 5.31. The highest BCUT2D eigenvalue weighted by molar-refractivity contribution is 7.99. The highest BCUT2D eigenvalue weighted by Crippen LogP contribution is 2.38. The zero-order chi connectivity index (χ0) is 13.3. The maximum absolute atomic E-state index is 3.80. The number of rotatable bonds is 4. The smallest absolute Gasteiger partial charge is 0.0237 e. The summed E-state index contributed by atoms with van der Waals surface area (Å²) < 4.78 is 0. The third kappa shape index (κ3) is 3.68. The van der Waals surface area contributed by atoms with E-state index in [2.05, 4.69) is 35.8 Å². The van der Waals surface area contributed by atoms with Gasteiger partial charge in [-0.15, -0.1) is 0 Å². The molecule has 1 aliphatic carbocycles. The van der Waals surface area contributed by atoms with Gasteiger partial charge in [0.25, 0.3) is 0 Å². The molecule has 2 heterocycles. The number of thioether (sulfide) groups is 1. The molecule has 110 valence electrons. The summed E-state index contributed by atoms with van der Waals surface area (Å²) in [5.74, 6) is 3.74. The Hall–Kier alpha value is 0.270. The second kappa shape index (κ2) is 5.95. The van der Waals surface area contributed by atoms with Crippen molar-refractivity contribution < 1.29 is 0 Å². The van der Waals surface area contributed by atoms with Gasteiger partial charge in [-0.05, 0) is 68.8 Å². The molecule has 1 saturated carbocycles.